The number of nitrogens with one attached hydrogen (secondary N) is 2. The number of hydrogen-bond acceptors (Lipinski definition) is 9. The number of amides is 2. The molecule has 0 saturated carbocycles. The van der Waals surface area contributed by atoms with Crippen LogP contribution in [0.25, 0.3) is 0 Å². The molecule has 178 valence electrons. The van der Waals surface area contributed by atoms with Crippen molar-refractivity contribution < 1.29 is 41.2 Å². The summed E-state index contributed by atoms with van der Waals surface area (Å²) in [5.41, 5.74) is 0. The molecule has 11 nitrogen and oxygen atoms in total. The Morgan fingerprint density at radius 1 is 0.800 bits per heavy atom. The second-order valence-electron chi connectivity index (χ2n) is 6.71. The lowest BCUT2D eigenvalue weighted by atomic mass is 10.4. The molecule has 0 aromatic rings. The normalized spacial score (nSPS) is 12.9. The molecule has 0 spiro atoms. The largest absolute Gasteiger partial charge is 0.500 e. The van der Waals surface area contributed by atoms with E-state index in [1.807, 2.05) is 6.55 Å². The molecular weight excluding hydrogens is 432 g/mol. The Bertz CT molecular complexity index is 484. The van der Waals surface area contributed by atoms with Crippen LogP contribution >= 0.6 is 0 Å². The molecule has 0 fully saturated rings. The molecule has 0 saturated heterocycles. The maximum Gasteiger partial charge on any atom is 0.500 e. The highest BCUT2D eigenvalue weighted by molar-refractivity contribution is 6.65. The Labute approximate surface area is 181 Å². The van der Waals surface area contributed by atoms with E-state index in [1.54, 1.807) is 21.1 Å². The molecule has 2 N–H and O–H groups in total. The zero-order valence-electron chi connectivity index (χ0n) is 19.2. The van der Waals surface area contributed by atoms with E-state index in [1.165, 1.54) is 21.3 Å². The van der Waals surface area contributed by atoms with Crippen LogP contribution in [0.15, 0.2) is 0 Å². The molecule has 30 heavy (non-hydrogen) atoms. The Morgan fingerprint density at radius 2 is 1.30 bits per heavy atom. The first-order valence-electron chi connectivity index (χ1n) is 9.80. The Balaban J connectivity index is 3.92. The second kappa shape index (κ2) is 15.6. The first kappa shape index (κ1) is 28.8. The third kappa shape index (κ3) is 11.8. The van der Waals surface area contributed by atoms with Gasteiger partial charge in [0.25, 0.3) is 0 Å². The van der Waals surface area contributed by atoms with Gasteiger partial charge in [-0.25, -0.2) is 9.59 Å². The van der Waals surface area contributed by atoms with Crippen LogP contribution in [0.2, 0.25) is 18.6 Å². The average molecular weight is 471 g/mol. The van der Waals surface area contributed by atoms with E-state index in [2.05, 4.69) is 10.6 Å². The van der Waals surface area contributed by atoms with E-state index >= 15 is 0 Å². The highest BCUT2D eigenvalue weighted by atomic mass is 28.4. The second-order valence-corrected chi connectivity index (χ2v) is 13.4. The van der Waals surface area contributed by atoms with Gasteiger partial charge in [-0.2, -0.15) is 0 Å². The lowest BCUT2D eigenvalue weighted by Crippen LogP contribution is -2.43. The van der Waals surface area contributed by atoms with Crippen LogP contribution in [-0.2, 0) is 31.6 Å². The van der Waals surface area contributed by atoms with E-state index < -0.39 is 35.7 Å². The van der Waals surface area contributed by atoms with Crippen LogP contribution in [-0.4, -0.2) is 90.9 Å². The lowest BCUT2D eigenvalue weighted by Gasteiger charge is -2.24. The fourth-order valence-corrected chi connectivity index (χ4v) is 5.56. The summed E-state index contributed by atoms with van der Waals surface area (Å²) >= 11 is 0. The quantitative estimate of drug-likeness (QED) is 0.257. The first-order chi connectivity index (χ1) is 14.2. The maximum atomic E-state index is 11.8. The third-order valence-corrected chi connectivity index (χ3v) is 10.4. The smallest absolute Gasteiger partial charge is 0.446 e. The summed E-state index contributed by atoms with van der Waals surface area (Å²) in [6.45, 7) is 4.37. The van der Waals surface area contributed by atoms with Crippen molar-refractivity contribution in [2.75, 3.05) is 55.2 Å². The molecule has 0 aromatic carbocycles. The molecule has 0 aliphatic heterocycles. The molecule has 0 aromatic heterocycles. The zero-order chi connectivity index (χ0) is 23.0. The molecule has 0 bridgehead atoms. The van der Waals surface area contributed by atoms with Crippen LogP contribution in [0.5, 0.6) is 0 Å². The number of rotatable bonds is 16. The Kier molecular flexibility index (Phi) is 14.9. The van der Waals surface area contributed by atoms with Crippen molar-refractivity contribution >= 4 is 29.6 Å². The molecule has 1 atom stereocenters. The summed E-state index contributed by atoms with van der Waals surface area (Å²) < 4.78 is 36.9. The van der Waals surface area contributed by atoms with Gasteiger partial charge >= 0.3 is 29.6 Å². The van der Waals surface area contributed by atoms with Crippen LogP contribution in [0.4, 0.5) is 9.59 Å². The van der Waals surface area contributed by atoms with Crippen molar-refractivity contribution in [3.63, 3.8) is 0 Å². The van der Waals surface area contributed by atoms with Crippen molar-refractivity contribution in [3.8, 4) is 0 Å². The van der Waals surface area contributed by atoms with Gasteiger partial charge in [-0.15, -0.1) is 0 Å². The van der Waals surface area contributed by atoms with Crippen LogP contribution in [0, 0.1) is 0 Å². The number of carbonyl (C=O) groups excluding carboxylic acids is 2. The predicted molar refractivity (Wildman–Crippen MR) is 115 cm³/mol. The molecule has 0 aliphatic carbocycles. The van der Waals surface area contributed by atoms with Gasteiger partial charge < -0.3 is 42.2 Å². The van der Waals surface area contributed by atoms with Gasteiger partial charge in [0, 0.05) is 54.7 Å². The highest BCUT2D eigenvalue weighted by Gasteiger charge is 2.36. The molecule has 0 aliphatic rings. The van der Waals surface area contributed by atoms with Crippen molar-refractivity contribution in [1.82, 2.24) is 10.6 Å². The van der Waals surface area contributed by atoms with Crippen molar-refractivity contribution in [2.24, 2.45) is 0 Å². The SMILES string of the molecule is CO[Si](C)(CCCNC(=O)OC(C)COC(=O)NCCC[Si](OC)(OC)OC)OC. The third-order valence-electron chi connectivity index (χ3n) is 4.56. The number of carbonyl (C=O) groups is 2. The summed E-state index contributed by atoms with van der Waals surface area (Å²) in [7, 11) is 3.10. The van der Waals surface area contributed by atoms with Gasteiger partial charge in [0.05, 0.1) is 0 Å². The van der Waals surface area contributed by atoms with Crippen LogP contribution in [0.3, 0.4) is 0 Å². The summed E-state index contributed by atoms with van der Waals surface area (Å²) in [5.74, 6) is 0. The number of hydrogen-bond donors (Lipinski definition) is 2. The molecule has 0 heterocycles. The van der Waals surface area contributed by atoms with E-state index in [9.17, 15) is 9.59 Å². The van der Waals surface area contributed by atoms with E-state index in [0.717, 1.165) is 6.04 Å². The lowest BCUT2D eigenvalue weighted by molar-refractivity contribution is 0.0531. The summed E-state index contributed by atoms with van der Waals surface area (Å²) in [6, 6.07) is 1.31. The summed E-state index contributed by atoms with van der Waals surface area (Å²) in [6.07, 6.45) is -0.409. The van der Waals surface area contributed by atoms with Crippen LogP contribution < -0.4 is 10.6 Å². The minimum Gasteiger partial charge on any atom is -0.446 e. The Morgan fingerprint density at radius 3 is 1.80 bits per heavy atom. The highest BCUT2D eigenvalue weighted by Crippen LogP contribution is 2.14. The molecule has 13 heteroatoms. The Hall–Kier alpha value is -1.23. The van der Waals surface area contributed by atoms with Gasteiger partial charge in [0.1, 0.15) is 12.7 Å². The van der Waals surface area contributed by atoms with Crippen molar-refractivity contribution in [3.05, 3.63) is 0 Å². The molecule has 0 rings (SSSR count). The topological polar surface area (TPSA) is 123 Å². The average Bonchev–Trinajstić information content (AvgIpc) is 2.75. The summed E-state index contributed by atoms with van der Waals surface area (Å²) in [5, 5.41) is 5.28. The first-order valence-corrected chi connectivity index (χ1v) is 14.3. The predicted octanol–water partition coefficient (Wildman–Crippen LogP) is 1.85. The van der Waals surface area contributed by atoms with Crippen molar-refractivity contribution in [1.29, 1.82) is 0 Å². The standard InChI is InChI=1S/C17H38N2O9Si2/c1-15(28-17(21)19-10-8-12-29(7,22-2)23-3)14-27-16(20)18-11-9-13-30(24-4,25-5)26-6/h15H,8-14H2,1-7H3,(H,18,20)(H,19,21). The molecule has 2 amide bonds. The van der Waals surface area contributed by atoms with E-state index in [-0.39, 0.29) is 6.61 Å². The maximum absolute atomic E-state index is 11.8. The fourth-order valence-electron chi connectivity index (χ4n) is 2.44. The molecular formula is C17H38N2O9Si2. The van der Waals surface area contributed by atoms with Crippen molar-refractivity contribution in [2.45, 2.75) is 44.5 Å². The van der Waals surface area contributed by atoms with E-state index in [0.29, 0.717) is 32.0 Å². The monoisotopic (exact) mass is 470 g/mol. The van der Waals surface area contributed by atoms with E-state index in [4.69, 9.17) is 31.6 Å². The minimum absolute atomic E-state index is 0.0511. The van der Waals surface area contributed by atoms with Gasteiger partial charge in [0.15, 0.2) is 0 Å². The number of ether oxygens (including phenoxy) is 2. The van der Waals surface area contributed by atoms with Gasteiger partial charge in [-0.1, -0.05) is 0 Å². The van der Waals surface area contributed by atoms with Gasteiger partial charge in [-0.05, 0) is 32.4 Å². The molecule has 0 radical (unpaired) electrons. The fraction of sp³-hybridized carbons (Fsp3) is 0.882. The van der Waals surface area contributed by atoms with Gasteiger partial charge in [-0.3, -0.25) is 0 Å². The van der Waals surface area contributed by atoms with Crippen LogP contribution in [0.1, 0.15) is 19.8 Å². The minimum atomic E-state index is -2.64. The molecule has 1 unspecified atom stereocenters. The number of alkyl carbamates (subject to hydrolysis) is 2. The summed E-state index contributed by atoms with van der Waals surface area (Å²) in [4.78, 5) is 23.5. The zero-order valence-corrected chi connectivity index (χ0v) is 21.2. The van der Waals surface area contributed by atoms with Gasteiger partial charge in [0.2, 0.25) is 0 Å².